The molecular formula is C14H14BrF2NOS. The normalized spacial score (nSPS) is 13.6. The summed E-state index contributed by atoms with van der Waals surface area (Å²) >= 11 is 4.36. The fourth-order valence-corrected chi connectivity index (χ4v) is 2.97. The first-order chi connectivity index (χ1) is 9.21. The van der Waals surface area contributed by atoms with Gasteiger partial charge in [0.1, 0.15) is 17.7 Å². The molecule has 1 unspecified atom stereocenters. The van der Waals surface area contributed by atoms with Gasteiger partial charge >= 0.3 is 0 Å². The van der Waals surface area contributed by atoms with Gasteiger partial charge in [-0.15, -0.1) is 11.3 Å². The fraction of sp³-hybridized carbons (Fsp3) is 0.357. The van der Waals surface area contributed by atoms with E-state index in [0.29, 0.717) is 0 Å². The van der Waals surface area contributed by atoms with Crippen LogP contribution in [0.2, 0.25) is 0 Å². The highest BCUT2D eigenvalue weighted by Crippen LogP contribution is 2.33. The monoisotopic (exact) mass is 361 g/mol. The zero-order valence-corrected chi connectivity index (χ0v) is 13.6. The summed E-state index contributed by atoms with van der Waals surface area (Å²) in [5.74, 6) is -1.59. The van der Waals surface area contributed by atoms with Gasteiger partial charge in [0.15, 0.2) is 0 Å². The molecule has 1 aromatic carbocycles. The summed E-state index contributed by atoms with van der Waals surface area (Å²) in [6.45, 7) is 5.97. The van der Waals surface area contributed by atoms with Gasteiger partial charge in [0.2, 0.25) is 0 Å². The van der Waals surface area contributed by atoms with Crippen molar-refractivity contribution in [3.63, 3.8) is 0 Å². The van der Waals surface area contributed by atoms with E-state index in [4.69, 9.17) is 0 Å². The lowest BCUT2D eigenvalue weighted by Crippen LogP contribution is -2.12. The SMILES string of the molecule is CC(C)(C)c1nc(C(O)c2c(F)ccc(Br)c2F)cs1. The van der Waals surface area contributed by atoms with Gasteiger partial charge in [0, 0.05) is 10.8 Å². The Kier molecular flexibility index (Phi) is 4.27. The Morgan fingerprint density at radius 3 is 2.50 bits per heavy atom. The van der Waals surface area contributed by atoms with Crippen LogP contribution < -0.4 is 0 Å². The highest BCUT2D eigenvalue weighted by atomic mass is 79.9. The van der Waals surface area contributed by atoms with Crippen LogP contribution in [0.5, 0.6) is 0 Å². The van der Waals surface area contributed by atoms with Gasteiger partial charge in [-0.3, -0.25) is 0 Å². The third-order valence-electron chi connectivity index (χ3n) is 2.80. The van der Waals surface area contributed by atoms with Crippen LogP contribution in [0.15, 0.2) is 22.0 Å². The number of halogens is 3. The molecule has 6 heteroatoms. The van der Waals surface area contributed by atoms with E-state index in [1.165, 1.54) is 17.4 Å². The quantitative estimate of drug-likeness (QED) is 0.795. The van der Waals surface area contributed by atoms with E-state index in [0.717, 1.165) is 11.1 Å². The first-order valence-corrected chi connectivity index (χ1v) is 7.66. The van der Waals surface area contributed by atoms with Crippen molar-refractivity contribution in [2.24, 2.45) is 0 Å². The molecule has 0 aliphatic heterocycles. The number of hydrogen-bond donors (Lipinski definition) is 1. The first-order valence-electron chi connectivity index (χ1n) is 5.99. The van der Waals surface area contributed by atoms with Gasteiger partial charge in [0.05, 0.1) is 20.7 Å². The number of aliphatic hydroxyl groups is 1. The Morgan fingerprint density at radius 1 is 1.30 bits per heavy atom. The highest BCUT2D eigenvalue weighted by molar-refractivity contribution is 9.10. The predicted molar refractivity (Wildman–Crippen MR) is 78.9 cm³/mol. The predicted octanol–water partition coefficient (Wildman–Crippen LogP) is 4.56. The van der Waals surface area contributed by atoms with Crippen LogP contribution in [-0.2, 0) is 5.41 Å². The molecule has 1 heterocycles. The van der Waals surface area contributed by atoms with Crippen LogP contribution in [0.1, 0.15) is 43.1 Å². The largest absolute Gasteiger partial charge is 0.382 e. The van der Waals surface area contributed by atoms with Crippen LogP contribution in [0.3, 0.4) is 0 Å². The third-order valence-corrected chi connectivity index (χ3v) is 4.70. The molecule has 0 saturated carbocycles. The molecule has 20 heavy (non-hydrogen) atoms. The van der Waals surface area contributed by atoms with Crippen molar-refractivity contribution in [1.82, 2.24) is 4.98 Å². The Hall–Kier alpha value is -0.850. The summed E-state index contributed by atoms with van der Waals surface area (Å²) < 4.78 is 27.8. The summed E-state index contributed by atoms with van der Waals surface area (Å²) in [6.07, 6.45) is -1.42. The lowest BCUT2D eigenvalue weighted by Gasteiger charge is -2.15. The molecule has 0 aliphatic rings. The summed E-state index contributed by atoms with van der Waals surface area (Å²) in [4.78, 5) is 4.29. The second kappa shape index (κ2) is 5.50. The fourth-order valence-electron chi connectivity index (χ4n) is 1.70. The molecule has 1 N–H and O–H groups in total. The van der Waals surface area contributed by atoms with Gasteiger partial charge in [0.25, 0.3) is 0 Å². The van der Waals surface area contributed by atoms with Gasteiger partial charge in [-0.2, -0.15) is 0 Å². The van der Waals surface area contributed by atoms with E-state index in [2.05, 4.69) is 20.9 Å². The molecule has 108 valence electrons. The number of thiazole rings is 1. The second-order valence-corrected chi connectivity index (χ2v) is 7.20. The molecule has 0 saturated heterocycles. The van der Waals surface area contributed by atoms with E-state index >= 15 is 0 Å². The van der Waals surface area contributed by atoms with Crippen LogP contribution >= 0.6 is 27.3 Å². The number of nitrogens with zero attached hydrogens (tertiary/aromatic N) is 1. The number of hydrogen-bond acceptors (Lipinski definition) is 3. The van der Waals surface area contributed by atoms with Gasteiger partial charge in [-0.1, -0.05) is 20.8 Å². The average molecular weight is 362 g/mol. The Balaban J connectivity index is 2.44. The minimum atomic E-state index is -1.42. The molecule has 1 atom stereocenters. The van der Waals surface area contributed by atoms with Crippen LogP contribution in [-0.4, -0.2) is 10.1 Å². The van der Waals surface area contributed by atoms with Crippen LogP contribution in [0.25, 0.3) is 0 Å². The smallest absolute Gasteiger partial charge is 0.146 e. The molecule has 1 aromatic heterocycles. The lowest BCUT2D eigenvalue weighted by atomic mass is 9.98. The minimum Gasteiger partial charge on any atom is -0.382 e. The van der Waals surface area contributed by atoms with Crippen molar-refractivity contribution >= 4 is 27.3 Å². The molecule has 0 bridgehead atoms. The molecule has 2 nitrogen and oxygen atoms in total. The Morgan fingerprint density at radius 2 is 1.95 bits per heavy atom. The van der Waals surface area contributed by atoms with E-state index in [-0.39, 0.29) is 21.1 Å². The maximum atomic E-state index is 14.0. The van der Waals surface area contributed by atoms with Gasteiger partial charge < -0.3 is 5.11 Å². The van der Waals surface area contributed by atoms with Crippen LogP contribution in [0.4, 0.5) is 8.78 Å². The average Bonchev–Trinajstić information content (AvgIpc) is 2.83. The maximum Gasteiger partial charge on any atom is 0.146 e. The number of aromatic nitrogens is 1. The summed E-state index contributed by atoms with van der Waals surface area (Å²) in [7, 11) is 0. The molecule has 2 rings (SSSR count). The van der Waals surface area contributed by atoms with Gasteiger partial charge in [-0.25, -0.2) is 13.8 Å². The van der Waals surface area contributed by atoms with Crippen LogP contribution in [0, 0.1) is 11.6 Å². The van der Waals surface area contributed by atoms with E-state index < -0.39 is 17.7 Å². The minimum absolute atomic E-state index is 0.110. The molecule has 0 radical (unpaired) electrons. The molecule has 0 amide bonds. The number of rotatable bonds is 2. The van der Waals surface area contributed by atoms with Crippen molar-refractivity contribution in [2.75, 3.05) is 0 Å². The molecular weight excluding hydrogens is 348 g/mol. The van der Waals surface area contributed by atoms with Gasteiger partial charge in [-0.05, 0) is 28.1 Å². The number of aliphatic hydroxyl groups excluding tert-OH is 1. The number of benzene rings is 1. The van der Waals surface area contributed by atoms with E-state index in [1.807, 2.05) is 20.8 Å². The summed E-state index contributed by atoms with van der Waals surface area (Å²) in [5, 5.41) is 12.6. The summed E-state index contributed by atoms with van der Waals surface area (Å²) in [6, 6.07) is 2.38. The Bertz CT molecular complexity index is 637. The van der Waals surface area contributed by atoms with E-state index in [1.54, 1.807) is 5.38 Å². The van der Waals surface area contributed by atoms with Crippen molar-refractivity contribution in [3.05, 3.63) is 49.9 Å². The second-order valence-electron chi connectivity index (χ2n) is 5.49. The summed E-state index contributed by atoms with van der Waals surface area (Å²) in [5.41, 5.74) is -0.294. The standard InChI is InChI=1S/C14H14BrF2NOS/c1-14(2,3)13-18-9(6-20-13)12(19)10-8(16)5-4-7(15)11(10)17/h4-6,12,19H,1-3H3. The zero-order valence-electron chi connectivity index (χ0n) is 11.2. The van der Waals surface area contributed by atoms with Crippen molar-refractivity contribution in [3.8, 4) is 0 Å². The first kappa shape index (κ1) is 15.5. The topological polar surface area (TPSA) is 33.1 Å². The highest BCUT2D eigenvalue weighted by Gasteiger charge is 2.26. The molecule has 0 aliphatic carbocycles. The van der Waals surface area contributed by atoms with E-state index in [9.17, 15) is 13.9 Å². The Labute approximate surface area is 128 Å². The van der Waals surface area contributed by atoms with Crippen molar-refractivity contribution < 1.29 is 13.9 Å². The van der Waals surface area contributed by atoms with Crippen molar-refractivity contribution in [1.29, 1.82) is 0 Å². The van der Waals surface area contributed by atoms with Crippen molar-refractivity contribution in [2.45, 2.75) is 32.3 Å². The zero-order chi connectivity index (χ0) is 15.1. The molecule has 0 fully saturated rings. The third kappa shape index (κ3) is 2.92. The molecule has 0 spiro atoms. The molecule has 2 aromatic rings. The maximum absolute atomic E-state index is 14.0. The lowest BCUT2D eigenvalue weighted by molar-refractivity contribution is 0.204.